The van der Waals surface area contributed by atoms with Crippen LogP contribution in [0.5, 0.6) is 0 Å². The molecule has 0 spiro atoms. The van der Waals surface area contributed by atoms with E-state index in [4.69, 9.17) is 0 Å². The second-order valence-electron chi connectivity index (χ2n) is 4.84. The Labute approximate surface area is 105 Å². The number of benzene rings is 1. The summed E-state index contributed by atoms with van der Waals surface area (Å²) in [7, 11) is 0. The first-order chi connectivity index (χ1) is 8.15. The largest absolute Gasteiger partial charge is 0.392 e. The third-order valence-electron chi connectivity index (χ3n) is 3.37. The minimum absolute atomic E-state index is 0.217. The second-order valence-corrected chi connectivity index (χ2v) is 4.84. The predicted molar refractivity (Wildman–Crippen MR) is 73.2 cm³/mol. The van der Waals surface area contributed by atoms with Crippen molar-refractivity contribution in [3.8, 4) is 0 Å². The van der Waals surface area contributed by atoms with Gasteiger partial charge in [-0.25, -0.2) is 0 Å². The molecule has 0 fully saturated rings. The lowest BCUT2D eigenvalue weighted by atomic mass is 9.94. The van der Waals surface area contributed by atoms with E-state index in [0.717, 1.165) is 12.8 Å². The van der Waals surface area contributed by atoms with Crippen molar-refractivity contribution in [2.45, 2.75) is 51.7 Å². The van der Waals surface area contributed by atoms with Crippen LogP contribution >= 0.6 is 0 Å². The number of hydrogen-bond acceptors (Lipinski definition) is 2. The zero-order valence-corrected chi connectivity index (χ0v) is 11.2. The van der Waals surface area contributed by atoms with Gasteiger partial charge in [-0.1, -0.05) is 50.6 Å². The minimum atomic E-state index is -0.217. The number of hydrogen-bond donors (Lipinski definition) is 2. The Morgan fingerprint density at radius 1 is 1.18 bits per heavy atom. The maximum atomic E-state index is 9.69. The van der Waals surface area contributed by atoms with E-state index in [0.29, 0.717) is 18.5 Å². The normalized spacial score (nSPS) is 16.5. The Morgan fingerprint density at radius 2 is 1.82 bits per heavy atom. The van der Waals surface area contributed by atoms with Crippen LogP contribution in [-0.4, -0.2) is 23.8 Å². The van der Waals surface area contributed by atoms with Crippen LogP contribution in [0.4, 0.5) is 0 Å². The lowest BCUT2D eigenvalue weighted by Crippen LogP contribution is -2.36. The quantitative estimate of drug-likeness (QED) is 0.761. The van der Waals surface area contributed by atoms with Crippen molar-refractivity contribution in [1.29, 1.82) is 0 Å². The van der Waals surface area contributed by atoms with Crippen molar-refractivity contribution >= 4 is 0 Å². The first-order valence-electron chi connectivity index (χ1n) is 6.61. The van der Waals surface area contributed by atoms with E-state index in [2.05, 4.69) is 50.4 Å². The van der Waals surface area contributed by atoms with Gasteiger partial charge >= 0.3 is 0 Å². The van der Waals surface area contributed by atoms with E-state index < -0.39 is 0 Å². The van der Waals surface area contributed by atoms with Gasteiger partial charge in [0.25, 0.3) is 0 Å². The van der Waals surface area contributed by atoms with Crippen LogP contribution < -0.4 is 5.32 Å². The highest BCUT2D eigenvalue weighted by Gasteiger charge is 2.14. The van der Waals surface area contributed by atoms with Gasteiger partial charge in [0.2, 0.25) is 0 Å². The number of aliphatic hydroxyl groups excluding tert-OH is 1. The molecule has 96 valence electrons. The molecule has 0 heterocycles. The Kier molecular flexibility index (Phi) is 6.23. The molecule has 0 aliphatic carbocycles. The summed E-state index contributed by atoms with van der Waals surface area (Å²) in [6.07, 6.45) is 1.69. The first-order valence-corrected chi connectivity index (χ1v) is 6.61. The predicted octanol–water partition coefficient (Wildman–Crippen LogP) is 2.93. The second kappa shape index (κ2) is 7.46. The van der Waals surface area contributed by atoms with E-state index >= 15 is 0 Å². The van der Waals surface area contributed by atoms with Gasteiger partial charge in [-0.15, -0.1) is 0 Å². The first kappa shape index (κ1) is 14.2. The molecule has 0 saturated heterocycles. The Hall–Kier alpha value is -0.860. The monoisotopic (exact) mass is 235 g/mol. The lowest BCUT2D eigenvalue weighted by Gasteiger charge is -2.23. The number of aliphatic hydroxyl groups is 1. The zero-order chi connectivity index (χ0) is 12.7. The van der Waals surface area contributed by atoms with Crippen LogP contribution in [-0.2, 0) is 0 Å². The number of rotatable bonds is 7. The summed E-state index contributed by atoms with van der Waals surface area (Å²) in [6, 6.07) is 10.9. The Balaban J connectivity index is 2.40. The smallest absolute Gasteiger partial charge is 0.0664 e. The summed E-state index contributed by atoms with van der Waals surface area (Å²) in [5.74, 6) is 0.463. The van der Waals surface area contributed by atoms with Crippen LogP contribution in [0.15, 0.2) is 30.3 Å². The fourth-order valence-electron chi connectivity index (χ4n) is 1.98. The summed E-state index contributed by atoms with van der Waals surface area (Å²) in [6.45, 7) is 7.18. The highest BCUT2D eigenvalue weighted by Crippen LogP contribution is 2.18. The van der Waals surface area contributed by atoms with Crippen molar-refractivity contribution in [2.24, 2.45) is 0 Å². The molecular formula is C15H25NO. The van der Waals surface area contributed by atoms with E-state index in [-0.39, 0.29) is 6.10 Å². The third kappa shape index (κ3) is 4.88. The topological polar surface area (TPSA) is 32.3 Å². The van der Waals surface area contributed by atoms with Crippen LogP contribution in [0.25, 0.3) is 0 Å². The van der Waals surface area contributed by atoms with Crippen LogP contribution in [0.1, 0.15) is 45.1 Å². The highest BCUT2D eigenvalue weighted by atomic mass is 16.3. The Bertz CT molecular complexity index is 299. The van der Waals surface area contributed by atoms with Gasteiger partial charge in [0.15, 0.2) is 0 Å². The molecule has 0 amide bonds. The van der Waals surface area contributed by atoms with E-state index in [1.165, 1.54) is 5.56 Å². The summed E-state index contributed by atoms with van der Waals surface area (Å²) in [4.78, 5) is 0. The van der Waals surface area contributed by atoms with E-state index in [1.807, 2.05) is 6.07 Å². The standard InChI is InChI=1S/C15H25NO/c1-4-8-15(17)11-16-13(3)12(2)14-9-6-5-7-10-14/h5-7,9-10,12-13,15-17H,4,8,11H2,1-3H3. The van der Waals surface area contributed by atoms with Gasteiger partial charge in [0.1, 0.15) is 0 Å². The Morgan fingerprint density at radius 3 is 2.41 bits per heavy atom. The molecule has 3 atom stereocenters. The zero-order valence-electron chi connectivity index (χ0n) is 11.2. The van der Waals surface area contributed by atoms with Gasteiger partial charge in [0, 0.05) is 12.6 Å². The maximum absolute atomic E-state index is 9.69. The molecule has 0 aromatic heterocycles. The fourth-order valence-corrected chi connectivity index (χ4v) is 1.98. The summed E-state index contributed by atoms with van der Waals surface area (Å²) in [5.41, 5.74) is 1.34. The molecule has 0 aliphatic rings. The molecule has 1 aromatic rings. The maximum Gasteiger partial charge on any atom is 0.0664 e. The molecule has 2 nitrogen and oxygen atoms in total. The third-order valence-corrected chi connectivity index (χ3v) is 3.37. The molecule has 2 N–H and O–H groups in total. The fraction of sp³-hybridized carbons (Fsp3) is 0.600. The molecule has 0 aliphatic heterocycles. The van der Waals surface area contributed by atoms with Crippen LogP contribution in [0.3, 0.4) is 0 Å². The molecule has 1 aromatic carbocycles. The van der Waals surface area contributed by atoms with Crippen molar-refractivity contribution < 1.29 is 5.11 Å². The molecule has 2 heteroatoms. The van der Waals surface area contributed by atoms with Crippen LogP contribution in [0, 0.1) is 0 Å². The molecular weight excluding hydrogens is 210 g/mol. The van der Waals surface area contributed by atoms with Crippen molar-refractivity contribution in [3.05, 3.63) is 35.9 Å². The lowest BCUT2D eigenvalue weighted by molar-refractivity contribution is 0.155. The molecule has 0 radical (unpaired) electrons. The van der Waals surface area contributed by atoms with Crippen molar-refractivity contribution in [1.82, 2.24) is 5.32 Å². The molecule has 0 saturated carbocycles. The van der Waals surface area contributed by atoms with Gasteiger partial charge in [-0.2, -0.15) is 0 Å². The molecule has 17 heavy (non-hydrogen) atoms. The van der Waals surface area contributed by atoms with Gasteiger partial charge in [-0.3, -0.25) is 0 Å². The minimum Gasteiger partial charge on any atom is -0.392 e. The summed E-state index contributed by atoms with van der Waals surface area (Å²) in [5, 5.41) is 13.1. The SMILES string of the molecule is CCCC(O)CNC(C)C(C)c1ccccc1. The summed E-state index contributed by atoms with van der Waals surface area (Å²) >= 11 is 0. The van der Waals surface area contributed by atoms with Crippen molar-refractivity contribution in [3.63, 3.8) is 0 Å². The van der Waals surface area contributed by atoms with Gasteiger partial charge < -0.3 is 10.4 Å². The van der Waals surface area contributed by atoms with Gasteiger partial charge in [0.05, 0.1) is 6.10 Å². The molecule has 3 unspecified atom stereocenters. The highest BCUT2D eigenvalue weighted by molar-refractivity contribution is 5.20. The van der Waals surface area contributed by atoms with E-state index in [9.17, 15) is 5.11 Å². The average molecular weight is 235 g/mol. The molecule has 0 bridgehead atoms. The molecule has 1 rings (SSSR count). The van der Waals surface area contributed by atoms with E-state index in [1.54, 1.807) is 0 Å². The van der Waals surface area contributed by atoms with Crippen LogP contribution in [0.2, 0.25) is 0 Å². The number of nitrogens with one attached hydrogen (secondary N) is 1. The van der Waals surface area contributed by atoms with Crippen molar-refractivity contribution in [2.75, 3.05) is 6.54 Å². The average Bonchev–Trinajstić information content (AvgIpc) is 2.36. The summed E-state index contributed by atoms with van der Waals surface area (Å²) < 4.78 is 0. The van der Waals surface area contributed by atoms with Gasteiger partial charge in [-0.05, 0) is 24.8 Å².